The van der Waals surface area contributed by atoms with E-state index < -0.39 is 0 Å². The first-order valence-electron chi connectivity index (χ1n) is 4.90. The van der Waals surface area contributed by atoms with Gasteiger partial charge in [0.05, 0.1) is 6.33 Å². The van der Waals surface area contributed by atoms with E-state index in [1.165, 1.54) is 6.33 Å². The summed E-state index contributed by atoms with van der Waals surface area (Å²) in [7, 11) is 0. The first-order chi connectivity index (χ1) is 7.42. The fourth-order valence-electron chi connectivity index (χ4n) is 1.34. The lowest BCUT2D eigenvalue weighted by Crippen LogP contribution is -2.04. The molecule has 2 aromatic rings. The Kier molecular flexibility index (Phi) is 3.08. The zero-order valence-electron chi connectivity index (χ0n) is 8.27. The first-order valence-corrected chi connectivity index (χ1v) is 4.90. The van der Waals surface area contributed by atoms with Crippen LogP contribution in [0.5, 0.6) is 0 Å². The fourth-order valence-corrected chi connectivity index (χ4v) is 1.34. The molecule has 2 aromatic heterocycles. The molecule has 3 N–H and O–H groups in total. The number of aromatic amines is 1. The van der Waals surface area contributed by atoms with Crippen molar-refractivity contribution in [2.24, 2.45) is 0 Å². The molecule has 0 saturated carbocycles. The molecular formula is C9H13N5O. The molecule has 0 aliphatic rings. The molecular weight excluding hydrogens is 194 g/mol. The fraction of sp³-hybridized carbons (Fsp3) is 0.444. The third-order valence-electron chi connectivity index (χ3n) is 2.10. The lowest BCUT2D eigenvalue weighted by atomic mass is 10.3. The normalized spacial score (nSPS) is 10.7. The average molecular weight is 207 g/mol. The highest BCUT2D eigenvalue weighted by atomic mass is 16.2. The Labute approximate surface area is 86.8 Å². The van der Waals surface area contributed by atoms with E-state index in [-0.39, 0.29) is 6.61 Å². The highest BCUT2D eigenvalue weighted by molar-refractivity contribution is 5.81. The summed E-state index contributed by atoms with van der Waals surface area (Å²) in [4.78, 5) is 15.2. The number of imidazole rings is 1. The van der Waals surface area contributed by atoms with Gasteiger partial charge in [0.1, 0.15) is 11.8 Å². The topological polar surface area (TPSA) is 86.7 Å². The third kappa shape index (κ3) is 2.21. The Bertz CT molecular complexity index is 427. The summed E-state index contributed by atoms with van der Waals surface area (Å²) in [5.74, 6) is 0.760. The van der Waals surface area contributed by atoms with Crippen LogP contribution in [0.15, 0.2) is 12.7 Å². The number of fused-ring (bicyclic) bond motifs is 1. The van der Waals surface area contributed by atoms with Gasteiger partial charge in [0, 0.05) is 13.2 Å². The molecule has 0 radical (unpaired) electrons. The molecule has 0 unspecified atom stereocenters. The highest BCUT2D eigenvalue weighted by Gasteiger charge is 2.03. The van der Waals surface area contributed by atoms with Crippen LogP contribution in [0.3, 0.4) is 0 Å². The highest BCUT2D eigenvalue weighted by Crippen LogP contribution is 2.13. The number of hydrogen-bond donors (Lipinski definition) is 3. The van der Waals surface area contributed by atoms with Crippen molar-refractivity contribution in [2.45, 2.75) is 12.8 Å². The number of aliphatic hydroxyl groups excluding tert-OH is 1. The number of H-pyrrole nitrogens is 1. The predicted molar refractivity (Wildman–Crippen MR) is 56.5 cm³/mol. The number of unbranched alkanes of at least 4 members (excludes halogenated alkanes) is 1. The van der Waals surface area contributed by atoms with Crippen LogP contribution < -0.4 is 5.32 Å². The molecule has 0 amide bonds. The number of nitrogens with zero attached hydrogens (tertiary/aromatic N) is 3. The minimum absolute atomic E-state index is 0.227. The summed E-state index contributed by atoms with van der Waals surface area (Å²) in [6.07, 6.45) is 4.79. The number of anilines is 1. The minimum Gasteiger partial charge on any atom is -0.396 e. The minimum atomic E-state index is 0.227. The average Bonchev–Trinajstić information content (AvgIpc) is 2.73. The standard InChI is InChI=1S/C9H13N5O/c15-4-2-1-3-10-8-7-9(12-5-11-7)14-6-13-8/h5-6,15H,1-4H2,(H2,10,11,12,13,14). The van der Waals surface area contributed by atoms with Gasteiger partial charge in [-0.1, -0.05) is 0 Å². The largest absolute Gasteiger partial charge is 0.396 e. The van der Waals surface area contributed by atoms with Crippen molar-refractivity contribution in [3.8, 4) is 0 Å². The molecule has 0 aliphatic carbocycles. The molecule has 80 valence electrons. The van der Waals surface area contributed by atoms with Crippen molar-refractivity contribution in [3.63, 3.8) is 0 Å². The molecule has 2 heterocycles. The number of nitrogens with one attached hydrogen (secondary N) is 2. The maximum Gasteiger partial charge on any atom is 0.182 e. The summed E-state index contributed by atoms with van der Waals surface area (Å²) >= 11 is 0. The molecule has 0 spiro atoms. The van der Waals surface area contributed by atoms with Crippen LogP contribution in [-0.2, 0) is 0 Å². The van der Waals surface area contributed by atoms with Gasteiger partial charge < -0.3 is 15.4 Å². The van der Waals surface area contributed by atoms with E-state index in [2.05, 4.69) is 25.3 Å². The molecule has 15 heavy (non-hydrogen) atoms. The summed E-state index contributed by atoms with van der Waals surface area (Å²) in [6, 6.07) is 0. The van der Waals surface area contributed by atoms with Crippen LogP contribution in [0.25, 0.3) is 11.2 Å². The Hall–Kier alpha value is -1.69. The van der Waals surface area contributed by atoms with Crippen LogP contribution in [0, 0.1) is 0 Å². The summed E-state index contributed by atoms with van der Waals surface area (Å²) in [5, 5.41) is 11.8. The summed E-state index contributed by atoms with van der Waals surface area (Å²) < 4.78 is 0. The van der Waals surface area contributed by atoms with Gasteiger partial charge >= 0.3 is 0 Å². The number of rotatable bonds is 5. The van der Waals surface area contributed by atoms with E-state index in [1.54, 1.807) is 6.33 Å². The Morgan fingerprint density at radius 3 is 3.07 bits per heavy atom. The van der Waals surface area contributed by atoms with E-state index in [9.17, 15) is 0 Å². The van der Waals surface area contributed by atoms with Crippen molar-refractivity contribution in [1.29, 1.82) is 0 Å². The van der Waals surface area contributed by atoms with E-state index in [0.717, 1.165) is 30.7 Å². The van der Waals surface area contributed by atoms with E-state index in [0.29, 0.717) is 5.65 Å². The second-order valence-corrected chi connectivity index (χ2v) is 3.18. The van der Waals surface area contributed by atoms with Gasteiger partial charge in [-0.2, -0.15) is 0 Å². The predicted octanol–water partition coefficient (Wildman–Crippen LogP) is 0.537. The SMILES string of the molecule is OCCCCNc1ncnc2nc[nH]c12. The van der Waals surface area contributed by atoms with Crippen LogP contribution >= 0.6 is 0 Å². The lowest BCUT2D eigenvalue weighted by molar-refractivity contribution is 0.286. The summed E-state index contributed by atoms with van der Waals surface area (Å²) in [6.45, 7) is 1.01. The van der Waals surface area contributed by atoms with Gasteiger partial charge in [0.2, 0.25) is 0 Å². The number of aromatic nitrogens is 4. The van der Waals surface area contributed by atoms with Crippen LogP contribution in [-0.4, -0.2) is 38.2 Å². The molecule has 0 bridgehead atoms. The maximum absolute atomic E-state index is 8.63. The molecule has 0 aromatic carbocycles. The Balaban J connectivity index is 2.04. The first kappa shape index (κ1) is 9.85. The van der Waals surface area contributed by atoms with Gasteiger partial charge in [0.25, 0.3) is 0 Å². The van der Waals surface area contributed by atoms with Crippen LogP contribution in [0.1, 0.15) is 12.8 Å². The molecule has 0 atom stereocenters. The van der Waals surface area contributed by atoms with E-state index >= 15 is 0 Å². The lowest BCUT2D eigenvalue weighted by Gasteiger charge is -2.04. The monoisotopic (exact) mass is 207 g/mol. The molecule has 0 aliphatic heterocycles. The van der Waals surface area contributed by atoms with Crippen LogP contribution in [0.2, 0.25) is 0 Å². The van der Waals surface area contributed by atoms with E-state index in [4.69, 9.17) is 5.11 Å². The van der Waals surface area contributed by atoms with E-state index in [1.807, 2.05) is 0 Å². The van der Waals surface area contributed by atoms with Crippen molar-refractivity contribution in [1.82, 2.24) is 19.9 Å². The Morgan fingerprint density at radius 1 is 1.27 bits per heavy atom. The third-order valence-corrected chi connectivity index (χ3v) is 2.10. The molecule has 2 rings (SSSR count). The van der Waals surface area contributed by atoms with Crippen molar-refractivity contribution in [2.75, 3.05) is 18.5 Å². The zero-order valence-corrected chi connectivity index (χ0v) is 8.27. The van der Waals surface area contributed by atoms with Crippen LogP contribution in [0.4, 0.5) is 5.82 Å². The summed E-state index contributed by atoms with van der Waals surface area (Å²) in [5.41, 5.74) is 1.48. The van der Waals surface area contributed by atoms with Gasteiger partial charge in [-0.3, -0.25) is 0 Å². The van der Waals surface area contributed by atoms with Gasteiger partial charge in [-0.15, -0.1) is 0 Å². The number of aliphatic hydroxyl groups is 1. The molecule has 0 saturated heterocycles. The van der Waals surface area contributed by atoms with Gasteiger partial charge in [0.15, 0.2) is 11.5 Å². The van der Waals surface area contributed by atoms with Crippen molar-refractivity contribution >= 4 is 17.0 Å². The van der Waals surface area contributed by atoms with Crippen molar-refractivity contribution in [3.05, 3.63) is 12.7 Å². The number of hydrogen-bond acceptors (Lipinski definition) is 5. The quantitative estimate of drug-likeness (QED) is 0.623. The second kappa shape index (κ2) is 4.70. The molecule has 0 fully saturated rings. The second-order valence-electron chi connectivity index (χ2n) is 3.18. The molecule has 6 heteroatoms. The zero-order chi connectivity index (χ0) is 10.5. The van der Waals surface area contributed by atoms with Crippen molar-refractivity contribution < 1.29 is 5.11 Å². The maximum atomic E-state index is 8.63. The Morgan fingerprint density at radius 2 is 2.20 bits per heavy atom. The van der Waals surface area contributed by atoms with Gasteiger partial charge in [-0.05, 0) is 12.8 Å². The molecule has 6 nitrogen and oxygen atoms in total. The smallest absolute Gasteiger partial charge is 0.182 e. The van der Waals surface area contributed by atoms with Gasteiger partial charge in [-0.25, -0.2) is 15.0 Å².